The number of benzene rings is 1. The summed E-state index contributed by atoms with van der Waals surface area (Å²) in [5.74, 6) is 0.828. The van der Waals surface area contributed by atoms with Crippen LogP contribution in [0.5, 0.6) is 0 Å². The largest absolute Gasteiger partial charge is 0.316 e. The molecule has 1 unspecified atom stereocenters. The van der Waals surface area contributed by atoms with Crippen LogP contribution in [0.15, 0.2) is 18.2 Å². The highest BCUT2D eigenvalue weighted by Gasteiger charge is 2.15. The van der Waals surface area contributed by atoms with Gasteiger partial charge in [-0.2, -0.15) is 0 Å². The molecule has 1 saturated heterocycles. The van der Waals surface area contributed by atoms with Crippen molar-refractivity contribution in [2.75, 3.05) is 26.7 Å². The molecule has 1 heterocycles. The van der Waals surface area contributed by atoms with E-state index in [4.69, 9.17) is 0 Å². The topological polar surface area (TPSA) is 15.3 Å². The Balaban J connectivity index is 0.00000180. The number of hydrogen-bond acceptors (Lipinski definition) is 2. The van der Waals surface area contributed by atoms with Crippen molar-refractivity contribution < 1.29 is 0 Å². The van der Waals surface area contributed by atoms with E-state index in [1.54, 1.807) is 0 Å². The molecular weight excluding hydrogens is 256 g/mol. The van der Waals surface area contributed by atoms with Crippen LogP contribution < -0.4 is 5.32 Å². The number of rotatable bonds is 4. The van der Waals surface area contributed by atoms with Gasteiger partial charge in [-0.15, -0.1) is 12.4 Å². The Labute approximate surface area is 124 Å². The van der Waals surface area contributed by atoms with Gasteiger partial charge in [0.2, 0.25) is 0 Å². The molecule has 108 valence electrons. The van der Waals surface area contributed by atoms with Gasteiger partial charge in [0.25, 0.3) is 0 Å². The van der Waals surface area contributed by atoms with E-state index in [9.17, 15) is 0 Å². The molecule has 19 heavy (non-hydrogen) atoms. The third-order valence-electron chi connectivity index (χ3n) is 3.91. The van der Waals surface area contributed by atoms with Crippen molar-refractivity contribution >= 4 is 12.4 Å². The normalized spacial score (nSPS) is 19.3. The average Bonchev–Trinajstić information content (AvgIpc) is 2.35. The number of nitrogens with one attached hydrogen (secondary N) is 1. The van der Waals surface area contributed by atoms with E-state index in [-0.39, 0.29) is 12.4 Å². The van der Waals surface area contributed by atoms with Crippen LogP contribution in [-0.2, 0) is 6.54 Å². The van der Waals surface area contributed by atoms with Gasteiger partial charge in [-0.05, 0) is 63.9 Å². The number of hydrogen-bond donors (Lipinski definition) is 1. The van der Waals surface area contributed by atoms with E-state index in [0.717, 1.165) is 12.5 Å². The second-order valence-corrected chi connectivity index (χ2v) is 5.84. The predicted molar refractivity (Wildman–Crippen MR) is 85.1 cm³/mol. The Morgan fingerprint density at radius 1 is 1.32 bits per heavy atom. The van der Waals surface area contributed by atoms with E-state index in [0.29, 0.717) is 0 Å². The molecule has 0 saturated carbocycles. The standard InChI is InChI=1S/C16H26N2.ClH/c1-13-6-7-14(2)16(9-13)12-18(3)11-15-5-4-8-17-10-15;/h6-7,9,15,17H,4-5,8,10-12H2,1-3H3;1H. The molecule has 2 nitrogen and oxygen atoms in total. The molecule has 0 aromatic heterocycles. The SMILES string of the molecule is Cc1ccc(C)c(CN(C)CC2CCCNC2)c1.Cl. The van der Waals surface area contributed by atoms with Crippen LogP contribution in [0, 0.1) is 19.8 Å². The van der Waals surface area contributed by atoms with Gasteiger partial charge in [-0.25, -0.2) is 0 Å². The van der Waals surface area contributed by atoms with Crippen LogP contribution in [0.4, 0.5) is 0 Å². The molecule has 0 bridgehead atoms. The van der Waals surface area contributed by atoms with Crippen molar-refractivity contribution in [1.82, 2.24) is 10.2 Å². The Morgan fingerprint density at radius 3 is 2.79 bits per heavy atom. The minimum absolute atomic E-state index is 0. The van der Waals surface area contributed by atoms with Crippen molar-refractivity contribution in [1.29, 1.82) is 0 Å². The van der Waals surface area contributed by atoms with Crippen molar-refractivity contribution in [3.8, 4) is 0 Å². The molecule has 2 rings (SSSR count). The lowest BCUT2D eigenvalue weighted by Crippen LogP contribution is -2.36. The fraction of sp³-hybridized carbons (Fsp3) is 0.625. The summed E-state index contributed by atoms with van der Waals surface area (Å²) >= 11 is 0. The molecule has 1 aliphatic rings. The van der Waals surface area contributed by atoms with Crippen LogP contribution in [0.25, 0.3) is 0 Å². The summed E-state index contributed by atoms with van der Waals surface area (Å²) in [4.78, 5) is 2.47. The zero-order valence-electron chi connectivity index (χ0n) is 12.4. The van der Waals surface area contributed by atoms with Crippen LogP contribution >= 0.6 is 12.4 Å². The van der Waals surface area contributed by atoms with E-state index in [1.807, 2.05) is 0 Å². The lowest BCUT2D eigenvalue weighted by atomic mass is 9.98. The van der Waals surface area contributed by atoms with Crippen molar-refractivity contribution in [2.45, 2.75) is 33.2 Å². The summed E-state index contributed by atoms with van der Waals surface area (Å²) in [6, 6.07) is 6.76. The third kappa shape index (κ3) is 5.13. The molecular formula is C16H27ClN2. The van der Waals surface area contributed by atoms with Gasteiger partial charge in [0.1, 0.15) is 0 Å². The maximum absolute atomic E-state index is 3.50. The van der Waals surface area contributed by atoms with Crippen molar-refractivity contribution in [2.24, 2.45) is 5.92 Å². The second kappa shape index (κ2) is 7.88. The first-order valence-corrected chi connectivity index (χ1v) is 7.10. The lowest BCUT2D eigenvalue weighted by Gasteiger charge is -2.28. The smallest absolute Gasteiger partial charge is 0.0233 e. The lowest BCUT2D eigenvalue weighted by molar-refractivity contribution is 0.237. The highest BCUT2D eigenvalue weighted by Crippen LogP contribution is 2.15. The molecule has 0 radical (unpaired) electrons. The maximum atomic E-state index is 3.50. The van der Waals surface area contributed by atoms with Gasteiger partial charge in [-0.1, -0.05) is 23.8 Å². The summed E-state index contributed by atoms with van der Waals surface area (Å²) in [7, 11) is 2.25. The van der Waals surface area contributed by atoms with Gasteiger partial charge in [0, 0.05) is 13.1 Å². The summed E-state index contributed by atoms with van der Waals surface area (Å²) in [5, 5.41) is 3.50. The minimum Gasteiger partial charge on any atom is -0.316 e. The van der Waals surface area contributed by atoms with E-state index in [1.165, 1.54) is 49.2 Å². The first-order chi connectivity index (χ1) is 8.65. The molecule has 1 aromatic carbocycles. The molecule has 1 aliphatic heterocycles. The molecule has 1 N–H and O–H groups in total. The van der Waals surface area contributed by atoms with Crippen molar-refractivity contribution in [3.63, 3.8) is 0 Å². The molecule has 3 heteroatoms. The first-order valence-electron chi connectivity index (χ1n) is 7.10. The molecule has 1 fully saturated rings. The zero-order valence-corrected chi connectivity index (χ0v) is 13.2. The third-order valence-corrected chi connectivity index (χ3v) is 3.91. The summed E-state index contributed by atoms with van der Waals surface area (Å²) < 4.78 is 0. The first kappa shape index (κ1) is 16.5. The summed E-state index contributed by atoms with van der Waals surface area (Å²) in [6.07, 6.45) is 2.71. The quantitative estimate of drug-likeness (QED) is 0.913. The number of piperidine rings is 1. The highest BCUT2D eigenvalue weighted by molar-refractivity contribution is 5.85. The van der Waals surface area contributed by atoms with E-state index >= 15 is 0 Å². The molecule has 0 amide bonds. The average molecular weight is 283 g/mol. The summed E-state index contributed by atoms with van der Waals surface area (Å²) in [6.45, 7) is 9.07. The van der Waals surface area contributed by atoms with Crippen LogP contribution in [0.3, 0.4) is 0 Å². The Bertz CT molecular complexity index is 386. The van der Waals surface area contributed by atoms with E-state index in [2.05, 4.69) is 49.3 Å². The number of halogens is 1. The molecule has 0 spiro atoms. The monoisotopic (exact) mass is 282 g/mol. The summed E-state index contributed by atoms with van der Waals surface area (Å²) in [5.41, 5.74) is 4.25. The van der Waals surface area contributed by atoms with Crippen LogP contribution in [0.1, 0.15) is 29.5 Å². The fourth-order valence-electron chi connectivity index (χ4n) is 2.85. The van der Waals surface area contributed by atoms with Gasteiger partial charge >= 0.3 is 0 Å². The fourth-order valence-corrected chi connectivity index (χ4v) is 2.85. The predicted octanol–water partition coefficient (Wildman–Crippen LogP) is 3.16. The zero-order chi connectivity index (χ0) is 13.0. The molecule has 1 atom stereocenters. The highest BCUT2D eigenvalue weighted by atomic mass is 35.5. The molecule has 0 aliphatic carbocycles. The van der Waals surface area contributed by atoms with Crippen LogP contribution in [0.2, 0.25) is 0 Å². The Hall–Kier alpha value is -0.570. The number of aryl methyl sites for hydroxylation is 2. The van der Waals surface area contributed by atoms with Crippen molar-refractivity contribution in [3.05, 3.63) is 34.9 Å². The second-order valence-electron chi connectivity index (χ2n) is 5.84. The van der Waals surface area contributed by atoms with Gasteiger partial charge < -0.3 is 10.2 Å². The van der Waals surface area contributed by atoms with Gasteiger partial charge in [0.15, 0.2) is 0 Å². The van der Waals surface area contributed by atoms with E-state index < -0.39 is 0 Å². The van der Waals surface area contributed by atoms with Gasteiger partial charge in [0.05, 0.1) is 0 Å². The maximum Gasteiger partial charge on any atom is 0.0233 e. The van der Waals surface area contributed by atoms with Gasteiger partial charge in [-0.3, -0.25) is 0 Å². The Morgan fingerprint density at radius 2 is 2.11 bits per heavy atom. The number of nitrogens with zero attached hydrogens (tertiary/aromatic N) is 1. The molecule has 1 aromatic rings. The van der Waals surface area contributed by atoms with Crippen LogP contribution in [-0.4, -0.2) is 31.6 Å². The Kier molecular flexibility index (Phi) is 6.84. The minimum atomic E-state index is 0.